The molecule has 0 spiro atoms. The first-order valence-corrected chi connectivity index (χ1v) is 6.26. The van der Waals surface area contributed by atoms with Crippen LogP contribution in [0.1, 0.15) is 32.1 Å². The molecule has 1 saturated carbocycles. The van der Waals surface area contributed by atoms with E-state index in [-0.39, 0.29) is 11.7 Å². The van der Waals surface area contributed by atoms with Crippen molar-refractivity contribution in [3.8, 4) is 17.2 Å². The standard InChI is InChI=1S/C14H18O4/c1-17-13-7-6-11(9-12(13)15)18-14(16)8-10-4-2-3-5-10/h6-7,9-10,15H,2-5,8H2,1H3. The zero-order chi connectivity index (χ0) is 13.0. The second-order valence-corrected chi connectivity index (χ2v) is 4.66. The molecule has 0 aliphatic heterocycles. The van der Waals surface area contributed by atoms with Crippen molar-refractivity contribution in [1.82, 2.24) is 0 Å². The third-order valence-electron chi connectivity index (χ3n) is 3.31. The average molecular weight is 250 g/mol. The zero-order valence-electron chi connectivity index (χ0n) is 10.5. The number of methoxy groups -OCH3 is 1. The van der Waals surface area contributed by atoms with Gasteiger partial charge in [-0.1, -0.05) is 12.8 Å². The molecule has 0 heterocycles. The minimum absolute atomic E-state index is 0.0244. The van der Waals surface area contributed by atoms with Crippen molar-refractivity contribution in [3.05, 3.63) is 18.2 Å². The Bertz CT molecular complexity index is 422. The number of rotatable bonds is 4. The molecule has 0 radical (unpaired) electrons. The van der Waals surface area contributed by atoms with E-state index < -0.39 is 0 Å². The van der Waals surface area contributed by atoms with Gasteiger partial charge < -0.3 is 14.6 Å². The van der Waals surface area contributed by atoms with Gasteiger partial charge in [-0.25, -0.2) is 0 Å². The summed E-state index contributed by atoms with van der Waals surface area (Å²) in [6, 6.07) is 4.59. The molecule has 1 aliphatic rings. The Balaban J connectivity index is 1.92. The molecule has 18 heavy (non-hydrogen) atoms. The number of benzene rings is 1. The maximum Gasteiger partial charge on any atom is 0.311 e. The highest BCUT2D eigenvalue weighted by Crippen LogP contribution is 2.31. The molecule has 2 rings (SSSR count). The monoisotopic (exact) mass is 250 g/mol. The van der Waals surface area contributed by atoms with E-state index in [9.17, 15) is 9.90 Å². The first kappa shape index (κ1) is 12.7. The van der Waals surface area contributed by atoms with Crippen LogP contribution in [0.15, 0.2) is 18.2 Å². The third kappa shape index (κ3) is 3.15. The molecular formula is C14H18O4. The van der Waals surface area contributed by atoms with Crippen LogP contribution in [-0.2, 0) is 4.79 Å². The van der Waals surface area contributed by atoms with E-state index in [2.05, 4.69) is 0 Å². The van der Waals surface area contributed by atoms with Gasteiger partial charge in [0.25, 0.3) is 0 Å². The van der Waals surface area contributed by atoms with Crippen LogP contribution < -0.4 is 9.47 Å². The summed E-state index contributed by atoms with van der Waals surface area (Å²) < 4.78 is 10.1. The minimum Gasteiger partial charge on any atom is -0.504 e. The fourth-order valence-corrected chi connectivity index (χ4v) is 2.36. The van der Waals surface area contributed by atoms with Crippen molar-refractivity contribution in [2.75, 3.05) is 7.11 Å². The summed E-state index contributed by atoms with van der Waals surface area (Å²) in [4.78, 5) is 11.7. The smallest absolute Gasteiger partial charge is 0.311 e. The highest BCUT2D eigenvalue weighted by atomic mass is 16.5. The molecule has 1 N–H and O–H groups in total. The SMILES string of the molecule is COc1ccc(OC(=O)CC2CCCC2)cc1O. The third-order valence-corrected chi connectivity index (χ3v) is 3.31. The van der Waals surface area contributed by atoms with E-state index in [1.54, 1.807) is 12.1 Å². The number of hydrogen-bond donors (Lipinski definition) is 1. The number of aromatic hydroxyl groups is 1. The fraction of sp³-hybridized carbons (Fsp3) is 0.500. The van der Waals surface area contributed by atoms with Crippen LogP contribution in [0.2, 0.25) is 0 Å². The second kappa shape index (κ2) is 5.76. The summed E-state index contributed by atoms with van der Waals surface area (Å²) in [5, 5.41) is 9.57. The molecular weight excluding hydrogens is 232 g/mol. The number of carbonyl (C=O) groups is 1. The fourth-order valence-electron chi connectivity index (χ4n) is 2.36. The van der Waals surface area contributed by atoms with Gasteiger partial charge in [0.15, 0.2) is 11.5 Å². The Kier molecular flexibility index (Phi) is 4.07. The van der Waals surface area contributed by atoms with Crippen LogP contribution in [0.4, 0.5) is 0 Å². The van der Waals surface area contributed by atoms with Gasteiger partial charge in [-0.3, -0.25) is 4.79 Å². The first-order chi connectivity index (χ1) is 8.69. The summed E-state index contributed by atoms with van der Waals surface area (Å²) in [7, 11) is 1.47. The highest BCUT2D eigenvalue weighted by Gasteiger charge is 2.19. The zero-order valence-corrected chi connectivity index (χ0v) is 10.5. The Labute approximate surface area is 107 Å². The quantitative estimate of drug-likeness (QED) is 0.659. The summed E-state index contributed by atoms with van der Waals surface area (Å²) in [6.07, 6.45) is 5.11. The molecule has 1 aromatic carbocycles. The molecule has 0 aromatic heterocycles. The molecule has 4 heteroatoms. The number of phenols is 1. The van der Waals surface area contributed by atoms with E-state index >= 15 is 0 Å². The Morgan fingerprint density at radius 2 is 2.11 bits per heavy atom. The van der Waals surface area contributed by atoms with Gasteiger partial charge in [-0.05, 0) is 30.9 Å². The van der Waals surface area contributed by atoms with Crippen LogP contribution in [0.5, 0.6) is 17.2 Å². The number of phenolic OH excluding ortho intramolecular Hbond substituents is 1. The van der Waals surface area contributed by atoms with Crippen molar-refractivity contribution in [2.45, 2.75) is 32.1 Å². The molecule has 1 aliphatic carbocycles. The van der Waals surface area contributed by atoms with Gasteiger partial charge in [-0.2, -0.15) is 0 Å². The van der Waals surface area contributed by atoms with Crippen molar-refractivity contribution >= 4 is 5.97 Å². The van der Waals surface area contributed by atoms with E-state index in [4.69, 9.17) is 9.47 Å². The van der Waals surface area contributed by atoms with Crippen LogP contribution in [0.3, 0.4) is 0 Å². The van der Waals surface area contributed by atoms with Crippen LogP contribution in [0.25, 0.3) is 0 Å². The van der Waals surface area contributed by atoms with E-state index in [0.29, 0.717) is 23.8 Å². The molecule has 0 bridgehead atoms. The summed E-state index contributed by atoms with van der Waals surface area (Å²) in [6.45, 7) is 0. The predicted octanol–water partition coefficient (Wildman–Crippen LogP) is 2.89. The van der Waals surface area contributed by atoms with Crippen LogP contribution in [-0.4, -0.2) is 18.2 Å². The Morgan fingerprint density at radius 3 is 2.72 bits per heavy atom. The van der Waals surface area contributed by atoms with Crippen molar-refractivity contribution < 1.29 is 19.4 Å². The lowest BCUT2D eigenvalue weighted by Crippen LogP contribution is -2.12. The molecule has 4 nitrogen and oxygen atoms in total. The molecule has 98 valence electrons. The van der Waals surface area contributed by atoms with Gasteiger partial charge in [-0.15, -0.1) is 0 Å². The number of hydrogen-bond acceptors (Lipinski definition) is 4. The van der Waals surface area contributed by atoms with Gasteiger partial charge in [0.05, 0.1) is 7.11 Å². The maximum absolute atomic E-state index is 11.7. The topological polar surface area (TPSA) is 55.8 Å². The summed E-state index contributed by atoms with van der Waals surface area (Å²) in [5.74, 6) is 0.932. The Morgan fingerprint density at radius 1 is 1.39 bits per heavy atom. The predicted molar refractivity (Wildman–Crippen MR) is 66.9 cm³/mol. The van der Waals surface area contributed by atoms with Crippen LogP contribution >= 0.6 is 0 Å². The molecule has 0 unspecified atom stereocenters. The van der Waals surface area contributed by atoms with Crippen LogP contribution in [0, 0.1) is 5.92 Å². The second-order valence-electron chi connectivity index (χ2n) is 4.66. The normalized spacial score (nSPS) is 15.6. The number of ether oxygens (including phenoxy) is 2. The first-order valence-electron chi connectivity index (χ1n) is 6.26. The van der Waals surface area contributed by atoms with Gasteiger partial charge >= 0.3 is 5.97 Å². The number of carbonyl (C=O) groups excluding carboxylic acids is 1. The maximum atomic E-state index is 11.7. The van der Waals surface area contributed by atoms with Gasteiger partial charge in [0, 0.05) is 12.5 Å². The van der Waals surface area contributed by atoms with Crippen molar-refractivity contribution in [1.29, 1.82) is 0 Å². The van der Waals surface area contributed by atoms with Crippen molar-refractivity contribution in [3.63, 3.8) is 0 Å². The lowest BCUT2D eigenvalue weighted by Gasteiger charge is -2.09. The van der Waals surface area contributed by atoms with Gasteiger partial charge in [0.1, 0.15) is 5.75 Å². The summed E-state index contributed by atoms with van der Waals surface area (Å²) >= 11 is 0. The van der Waals surface area contributed by atoms with Crippen molar-refractivity contribution in [2.24, 2.45) is 5.92 Å². The highest BCUT2D eigenvalue weighted by molar-refractivity contribution is 5.73. The summed E-state index contributed by atoms with van der Waals surface area (Å²) in [5.41, 5.74) is 0. The molecule has 0 amide bonds. The largest absolute Gasteiger partial charge is 0.504 e. The number of esters is 1. The van der Waals surface area contributed by atoms with E-state index in [0.717, 1.165) is 12.8 Å². The van der Waals surface area contributed by atoms with Gasteiger partial charge in [0.2, 0.25) is 0 Å². The average Bonchev–Trinajstić information content (AvgIpc) is 2.82. The Hall–Kier alpha value is -1.71. The minimum atomic E-state index is -0.230. The molecule has 1 aromatic rings. The lowest BCUT2D eigenvalue weighted by molar-refractivity contribution is -0.135. The van der Waals surface area contributed by atoms with E-state index in [1.807, 2.05) is 0 Å². The molecule has 0 atom stereocenters. The molecule has 1 fully saturated rings. The lowest BCUT2D eigenvalue weighted by atomic mass is 10.0. The van der Waals surface area contributed by atoms with E-state index in [1.165, 1.54) is 26.0 Å². The molecule has 0 saturated heterocycles.